The fourth-order valence-electron chi connectivity index (χ4n) is 9.37. The quantitative estimate of drug-likeness (QED) is 0.0982. The Morgan fingerprint density at radius 2 is 1.17 bits per heavy atom. The smallest absolute Gasteiger partial charge is 0.323 e. The molecular formula is C49H57N5O6. The van der Waals surface area contributed by atoms with Gasteiger partial charge in [0, 0.05) is 37.6 Å². The largest absolute Gasteiger partial charge is 0.468 e. The number of hydrogen-bond donors (Lipinski definition) is 1. The first kappa shape index (κ1) is 41.5. The van der Waals surface area contributed by atoms with Crippen LogP contribution in [0.25, 0.3) is 11.1 Å². The second kappa shape index (κ2) is 18.2. The van der Waals surface area contributed by atoms with E-state index in [1.807, 2.05) is 62.6 Å². The van der Waals surface area contributed by atoms with E-state index in [2.05, 4.69) is 32.2 Å². The Morgan fingerprint density at radius 1 is 0.650 bits per heavy atom. The number of amides is 1. The predicted molar refractivity (Wildman–Crippen MR) is 230 cm³/mol. The number of piperidine rings is 2. The summed E-state index contributed by atoms with van der Waals surface area (Å²) >= 11 is 0. The number of ketones is 1. The molecule has 4 aromatic rings. The van der Waals surface area contributed by atoms with Crippen molar-refractivity contribution in [3.8, 4) is 11.1 Å². The molecule has 4 heterocycles. The Kier molecular flexibility index (Phi) is 12.5. The Labute approximate surface area is 353 Å². The van der Waals surface area contributed by atoms with E-state index >= 15 is 0 Å². The highest BCUT2D eigenvalue weighted by Crippen LogP contribution is 2.44. The lowest BCUT2D eigenvalue weighted by atomic mass is 9.90. The summed E-state index contributed by atoms with van der Waals surface area (Å²) in [5, 5.41) is 3.14. The van der Waals surface area contributed by atoms with Crippen LogP contribution in [0, 0.1) is 13.8 Å². The molecule has 0 bridgehead atoms. The van der Waals surface area contributed by atoms with Gasteiger partial charge in [-0.3, -0.25) is 38.9 Å². The van der Waals surface area contributed by atoms with E-state index in [1.54, 1.807) is 0 Å². The second-order valence-electron chi connectivity index (χ2n) is 17.2. The first-order valence-corrected chi connectivity index (χ1v) is 21.8. The van der Waals surface area contributed by atoms with Crippen molar-refractivity contribution in [1.82, 2.24) is 19.8 Å². The molecule has 2 aromatic carbocycles. The zero-order valence-corrected chi connectivity index (χ0v) is 35.4. The fraction of sp³-hybridized carbons (Fsp3) is 0.469. The average molecular weight is 812 g/mol. The molecule has 0 unspecified atom stereocenters. The zero-order chi connectivity index (χ0) is 41.9. The fourth-order valence-corrected chi connectivity index (χ4v) is 9.37. The van der Waals surface area contributed by atoms with Gasteiger partial charge in [-0.1, -0.05) is 43.2 Å². The summed E-state index contributed by atoms with van der Waals surface area (Å²) in [6.45, 7) is 6.95. The minimum atomic E-state index is -0.270. The number of nitrogens with zero attached hydrogens (tertiary/aromatic N) is 4. The summed E-state index contributed by atoms with van der Waals surface area (Å²) in [7, 11) is 2.90. The molecule has 0 radical (unpaired) electrons. The number of likely N-dealkylation sites (tertiary alicyclic amines) is 2. The number of rotatable bonds is 14. The van der Waals surface area contributed by atoms with E-state index < -0.39 is 0 Å². The van der Waals surface area contributed by atoms with Gasteiger partial charge in [-0.15, -0.1) is 0 Å². The van der Waals surface area contributed by atoms with Crippen molar-refractivity contribution < 1.29 is 28.7 Å². The molecule has 60 heavy (non-hydrogen) atoms. The third-order valence-electron chi connectivity index (χ3n) is 13.2. The molecule has 2 aromatic heterocycles. The Morgan fingerprint density at radius 3 is 1.72 bits per heavy atom. The molecule has 1 N–H and O–H groups in total. The van der Waals surface area contributed by atoms with Gasteiger partial charge < -0.3 is 14.8 Å². The lowest BCUT2D eigenvalue weighted by Crippen LogP contribution is -2.44. The number of carbonyl (C=O) groups excluding carboxylic acids is 4. The molecule has 11 heteroatoms. The van der Waals surface area contributed by atoms with Crippen LogP contribution in [0.1, 0.15) is 136 Å². The number of hydrogen-bond acceptors (Lipinski definition) is 10. The Hall–Kier alpha value is -5.26. The second-order valence-corrected chi connectivity index (χ2v) is 17.2. The van der Waals surface area contributed by atoms with Crippen molar-refractivity contribution in [3.63, 3.8) is 0 Å². The molecule has 2 saturated carbocycles. The number of pyridine rings is 2. The molecule has 4 fully saturated rings. The number of nitrogens with one attached hydrogen (secondary N) is 1. The number of ether oxygens (including phenoxy) is 2. The number of benzene rings is 2. The molecule has 314 valence electrons. The van der Waals surface area contributed by atoms with Crippen LogP contribution in [-0.4, -0.2) is 82.8 Å². The van der Waals surface area contributed by atoms with Crippen LogP contribution in [0.5, 0.6) is 0 Å². The third-order valence-corrected chi connectivity index (χ3v) is 13.2. The molecule has 2 aliphatic carbocycles. The molecule has 2 atom stereocenters. The van der Waals surface area contributed by atoms with Gasteiger partial charge in [-0.05, 0) is 158 Å². The Balaban J connectivity index is 0.971. The maximum absolute atomic E-state index is 13.9. The Bertz CT molecular complexity index is 2120. The van der Waals surface area contributed by atoms with E-state index in [-0.39, 0.29) is 42.1 Å². The van der Waals surface area contributed by atoms with Gasteiger partial charge in [0.1, 0.15) is 23.5 Å². The van der Waals surface area contributed by atoms with Crippen LogP contribution >= 0.6 is 0 Å². The minimum Gasteiger partial charge on any atom is -0.468 e. The van der Waals surface area contributed by atoms with E-state index in [0.29, 0.717) is 42.0 Å². The molecule has 2 aliphatic heterocycles. The topological polar surface area (TPSA) is 131 Å². The summed E-state index contributed by atoms with van der Waals surface area (Å²) in [5.74, 6) is 0.129. The van der Waals surface area contributed by atoms with Crippen LogP contribution in [0.2, 0.25) is 0 Å². The summed E-state index contributed by atoms with van der Waals surface area (Å²) in [6, 6.07) is 15.4. The highest BCUT2D eigenvalue weighted by molar-refractivity contribution is 6.04. The number of esters is 2. The van der Waals surface area contributed by atoms with Crippen molar-refractivity contribution in [2.75, 3.05) is 32.6 Å². The molecular weight excluding hydrogens is 755 g/mol. The molecule has 4 aliphatic rings. The van der Waals surface area contributed by atoms with Crippen molar-refractivity contribution >= 4 is 29.3 Å². The van der Waals surface area contributed by atoms with Gasteiger partial charge in [0.25, 0.3) is 5.91 Å². The van der Waals surface area contributed by atoms with E-state index in [0.717, 1.165) is 122 Å². The monoisotopic (exact) mass is 811 g/mol. The standard InChI is InChI=1S/C49H57N5O6/c1-30-34(23-46(55)42-24-39(32-17-18-32)35(26-50-42)28-53-21-7-5-15-44(53)48(57)59-3)11-9-12-37(30)38-13-10-14-41(31(38)2)52-47(56)43-25-40(33-19-20-33)36(27-51-43)29-54-22-8-6-16-45(54)49(58)60-4/h9-14,24-27,32-33,44-45H,5-8,15-23,28-29H2,1-4H3,(H,52,56)/t44-,45-/m0/s1. The van der Waals surface area contributed by atoms with Crippen molar-refractivity contribution in [2.45, 2.75) is 121 Å². The molecule has 0 spiro atoms. The summed E-state index contributed by atoms with van der Waals surface area (Å²) in [5.41, 5.74) is 10.8. The SMILES string of the molecule is COC(=O)[C@@H]1CCCCN1Cc1cnc(C(=O)Cc2cccc(-c3cccc(NC(=O)c4cc(C5CC5)c(CN5CCCC[C@H]5C(=O)OC)cn4)c3C)c2C)cc1C1CC1. The number of aromatic nitrogens is 2. The summed E-state index contributed by atoms with van der Waals surface area (Å²) < 4.78 is 10.2. The third kappa shape index (κ3) is 9.07. The normalized spacial score (nSPS) is 19.7. The first-order valence-electron chi connectivity index (χ1n) is 21.8. The average Bonchev–Trinajstić information content (AvgIpc) is 4.21. The number of Topliss-reactive ketones (excluding diaryl/α,β-unsaturated/α-hetero) is 1. The zero-order valence-electron chi connectivity index (χ0n) is 35.4. The molecule has 2 saturated heterocycles. The van der Waals surface area contributed by atoms with Crippen molar-refractivity contribution in [3.05, 3.63) is 111 Å². The predicted octanol–water partition coefficient (Wildman–Crippen LogP) is 8.25. The van der Waals surface area contributed by atoms with Gasteiger partial charge in [-0.25, -0.2) is 0 Å². The van der Waals surface area contributed by atoms with E-state index in [9.17, 15) is 19.2 Å². The van der Waals surface area contributed by atoms with Gasteiger partial charge >= 0.3 is 11.9 Å². The van der Waals surface area contributed by atoms with Crippen LogP contribution in [0.15, 0.2) is 60.9 Å². The van der Waals surface area contributed by atoms with Gasteiger partial charge in [0.15, 0.2) is 5.78 Å². The van der Waals surface area contributed by atoms with Crippen LogP contribution < -0.4 is 5.32 Å². The highest BCUT2D eigenvalue weighted by Gasteiger charge is 2.34. The summed E-state index contributed by atoms with van der Waals surface area (Å²) in [4.78, 5) is 66.5. The molecule has 11 nitrogen and oxygen atoms in total. The first-order chi connectivity index (χ1) is 29.1. The molecule has 1 amide bonds. The maximum atomic E-state index is 13.9. The number of anilines is 1. The maximum Gasteiger partial charge on any atom is 0.323 e. The van der Waals surface area contributed by atoms with E-state index in [1.165, 1.54) is 19.8 Å². The molecule has 8 rings (SSSR count). The van der Waals surface area contributed by atoms with Gasteiger partial charge in [0.2, 0.25) is 0 Å². The van der Waals surface area contributed by atoms with Crippen LogP contribution in [0.4, 0.5) is 5.69 Å². The number of methoxy groups -OCH3 is 2. The van der Waals surface area contributed by atoms with Gasteiger partial charge in [-0.2, -0.15) is 0 Å². The van der Waals surface area contributed by atoms with Crippen LogP contribution in [0.3, 0.4) is 0 Å². The van der Waals surface area contributed by atoms with Crippen molar-refractivity contribution in [1.29, 1.82) is 0 Å². The van der Waals surface area contributed by atoms with Crippen molar-refractivity contribution in [2.24, 2.45) is 0 Å². The summed E-state index contributed by atoms with van der Waals surface area (Å²) in [6.07, 6.45) is 13.9. The highest BCUT2D eigenvalue weighted by atomic mass is 16.5. The van der Waals surface area contributed by atoms with Crippen LogP contribution in [-0.2, 0) is 38.6 Å². The number of carbonyl (C=O) groups is 4. The van der Waals surface area contributed by atoms with E-state index in [4.69, 9.17) is 14.5 Å². The lowest BCUT2D eigenvalue weighted by molar-refractivity contribution is -0.149. The lowest BCUT2D eigenvalue weighted by Gasteiger charge is -2.34. The van der Waals surface area contributed by atoms with Gasteiger partial charge in [0.05, 0.1) is 14.2 Å². The minimum absolute atomic E-state index is 0.0323.